The fourth-order valence-electron chi connectivity index (χ4n) is 3.12. The first kappa shape index (κ1) is 22.9. The Hall–Kier alpha value is -2.74. The third kappa shape index (κ3) is 5.12. The zero-order valence-electron chi connectivity index (χ0n) is 16.3. The summed E-state index contributed by atoms with van der Waals surface area (Å²) in [5, 5.41) is 10.2. The van der Waals surface area contributed by atoms with Gasteiger partial charge in [0.05, 0.1) is 15.1 Å². The van der Waals surface area contributed by atoms with Crippen LogP contribution in [0.3, 0.4) is 0 Å². The van der Waals surface area contributed by atoms with Crippen molar-refractivity contribution in [2.45, 2.75) is 23.5 Å². The number of nitrogens with zero attached hydrogens (tertiary/aromatic N) is 1. The van der Waals surface area contributed by atoms with E-state index in [1.807, 2.05) is 6.92 Å². The normalized spacial score (nSPS) is 12.4. The molecule has 9 heteroatoms. The number of carbonyl (C=O) groups is 1. The Bertz CT molecular complexity index is 1260. The second-order valence-electron chi connectivity index (χ2n) is 6.95. The number of halogens is 2. The van der Waals surface area contributed by atoms with Crippen molar-refractivity contribution in [2.24, 2.45) is 0 Å². The molecule has 0 aromatic heterocycles. The highest BCUT2D eigenvalue weighted by Crippen LogP contribution is 2.38. The van der Waals surface area contributed by atoms with Gasteiger partial charge >= 0.3 is 0 Å². The van der Waals surface area contributed by atoms with Gasteiger partial charge in [-0.15, -0.1) is 0 Å². The Balaban J connectivity index is 2.08. The van der Waals surface area contributed by atoms with Crippen LogP contribution in [0.1, 0.15) is 33.2 Å². The van der Waals surface area contributed by atoms with E-state index in [-0.39, 0.29) is 26.7 Å². The molecule has 0 saturated heterocycles. The van der Waals surface area contributed by atoms with Gasteiger partial charge in [-0.2, -0.15) is 0 Å². The Labute approximate surface area is 189 Å². The van der Waals surface area contributed by atoms with Crippen LogP contribution in [0.2, 0.25) is 10.0 Å². The minimum Gasteiger partial charge on any atom is -0.294 e. The van der Waals surface area contributed by atoms with Crippen LogP contribution in [0.4, 0.5) is 5.69 Å². The molecule has 160 valence electrons. The molecule has 3 aromatic rings. The number of hydrogen-bond donors (Lipinski definition) is 0. The molecular weight excluding hydrogens is 461 g/mol. The maximum Gasteiger partial charge on any atom is 0.270 e. The van der Waals surface area contributed by atoms with Gasteiger partial charge in [0, 0.05) is 34.2 Å². The average Bonchev–Trinajstić information content (AvgIpc) is 2.72. The average molecular weight is 478 g/mol. The number of benzene rings is 3. The number of Topliss-reactive ketones (excluding diaryl/α,β-unsaturated/α-hetero) is 1. The largest absolute Gasteiger partial charge is 0.294 e. The maximum absolute atomic E-state index is 13.5. The topological polar surface area (TPSA) is 94.3 Å². The van der Waals surface area contributed by atoms with E-state index in [1.54, 1.807) is 12.1 Å². The van der Waals surface area contributed by atoms with Crippen LogP contribution in [0.5, 0.6) is 0 Å². The number of non-ortho nitro benzene ring substituents is 1. The SMILES string of the molecule is Cc1ccc(S(=O)(=O)[C@H](CC(=O)c2cccc([N+](=O)[O-])c2)c2ccc(Cl)cc2Cl)cc1. The lowest BCUT2D eigenvalue weighted by Crippen LogP contribution is -2.18. The van der Waals surface area contributed by atoms with Crippen molar-refractivity contribution in [3.05, 3.63) is 104 Å². The highest BCUT2D eigenvalue weighted by molar-refractivity contribution is 7.91. The molecule has 0 amide bonds. The van der Waals surface area contributed by atoms with Gasteiger partial charge in [0.1, 0.15) is 0 Å². The maximum atomic E-state index is 13.5. The fraction of sp³-hybridized carbons (Fsp3) is 0.136. The molecule has 0 spiro atoms. The zero-order chi connectivity index (χ0) is 22.8. The molecule has 0 aliphatic heterocycles. The molecule has 0 saturated carbocycles. The Morgan fingerprint density at radius 3 is 2.32 bits per heavy atom. The molecule has 6 nitrogen and oxygen atoms in total. The van der Waals surface area contributed by atoms with Gasteiger partial charge in [-0.25, -0.2) is 8.42 Å². The molecular formula is C22H17Cl2NO5S. The van der Waals surface area contributed by atoms with Crippen molar-refractivity contribution < 1.29 is 18.1 Å². The van der Waals surface area contributed by atoms with Gasteiger partial charge in [0.25, 0.3) is 5.69 Å². The molecule has 31 heavy (non-hydrogen) atoms. The van der Waals surface area contributed by atoms with Crippen LogP contribution < -0.4 is 0 Å². The summed E-state index contributed by atoms with van der Waals surface area (Å²) in [6, 6.07) is 15.8. The molecule has 0 aliphatic carbocycles. The van der Waals surface area contributed by atoms with E-state index >= 15 is 0 Å². The summed E-state index contributed by atoms with van der Waals surface area (Å²) in [4.78, 5) is 23.4. The molecule has 0 fully saturated rings. The van der Waals surface area contributed by atoms with Crippen molar-refractivity contribution in [3.63, 3.8) is 0 Å². The number of rotatable bonds is 7. The van der Waals surface area contributed by atoms with E-state index in [0.717, 1.165) is 11.6 Å². The van der Waals surface area contributed by atoms with Crippen molar-refractivity contribution in [1.29, 1.82) is 0 Å². The number of nitro benzene ring substituents is 1. The highest BCUT2D eigenvalue weighted by Gasteiger charge is 2.33. The summed E-state index contributed by atoms with van der Waals surface area (Å²) < 4.78 is 26.9. The van der Waals surface area contributed by atoms with Crippen molar-refractivity contribution in [1.82, 2.24) is 0 Å². The van der Waals surface area contributed by atoms with Gasteiger partial charge in [-0.3, -0.25) is 14.9 Å². The molecule has 3 aromatic carbocycles. The Kier molecular flexibility index (Phi) is 6.79. The molecule has 0 radical (unpaired) electrons. The van der Waals surface area contributed by atoms with Crippen molar-refractivity contribution in [3.8, 4) is 0 Å². The van der Waals surface area contributed by atoms with E-state index in [1.165, 1.54) is 48.5 Å². The quantitative estimate of drug-likeness (QED) is 0.236. The van der Waals surface area contributed by atoms with Gasteiger partial charge in [-0.1, -0.05) is 59.1 Å². The first-order valence-corrected chi connectivity index (χ1v) is 11.4. The standard InChI is InChI=1S/C22H17Cl2NO5S/c1-14-5-8-18(9-6-14)31(29,30)22(19-10-7-16(23)12-20(19)24)13-21(26)15-3-2-4-17(11-15)25(27)28/h2-12,22H,13H2,1H3/t22-/m1/s1. The summed E-state index contributed by atoms with van der Waals surface area (Å²) in [7, 11) is -4.02. The third-order valence-corrected chi connectivity index (χ3v) is 7.44. The van der Waals surface area contributed by atoms with Crippen molar-refractivity contribution >= 4 is 44.5 Å². The smallest absolute Gasteiger partial charge is 0.270 e. The lowest BCUT2D eigenvalue weighted by Gasteiger charge is -2.19. The first-order chi connectivity index (χ1) is 14.6. The van der Waals surface area contributed by atoms with E-state index in [2.05, 4.69) is 0 Å². The van der Waals surface area contributed by atoms with E-state index in [4.69, 9.17) is 23.2 Å². The van der Waals surface area contributed by atoms with Gasteiger partial charge < -0.3 is 0 Å². The molecule has 0 heterocycles. The summed E-state index contributed by atoms with van der Waals surface area (Å²) in [6.07, 6.45) is -0.446. The lowest BCUT2D eigenvalue weighted by molar-refractivity contribution is -0.384. The second-order valence-corrected chi connectivity index (χ2v) is 9.92. The molecule has 3 rings (SSSR count). The zero-order valence-corrected chi connectivity index (χ0v) is 18.6. The van der Waals surface area contributed by atoms with Crippen LogP contribution in [-0.4, -0.2) is 19.1 Å². The number of aryl methyl sites for hydroxylation is 1. The van der Waals surface area contributed by atoms with Crippen LogP contribution >= 0.6 is 23.2 Å². The Morgan fingerprint density at radius 2 is 1.71 bits per heavy atom. The van der Waals surface area contributed by atoms with E-state index in [0.29, 0.717) is 5.02 Å². The number of ketones is 1. The van der Waals surface area contributed by atoms with E-state index in [9.17, 15) is 23.3 Å². The first-order valence-electron chi connectivity index (χ1n) is 9.13. The summed E-state index contributed by atoms with van der Waals surface area (Å²) in [5.41, 5.74) is 0.898. The summed E-state index contributed by atoms with van der Waals surface area (Å²) in [6.45, 7) is 1.83. The summed E-state index contributed by atoms with van der Waals surface area (Å²) >= 11 is 12.2. The van der Waals surface area contributed by atoms with Crippen LogP contribution in [-0.2, 0) is 9.84 Å². The molecule has 0 bridgehead atoms. The Morgan fingerprint density at radius 1 is 1.03 bits per heavy atom. The van der Waals surface area contributed by atoms with Crippen LogP contribution in [0.25, 0.3) is 0 Å². The number of carbonyl (C=O) groups excluding carboxylic acids is 1. The van der Waals surface area contributed by atoms with E-state index < -0.39 is 32.2 Å². The van der Waals surface area contributed by atoms with Gasteiger partial charge in [-0.05, 0) is 36.8 Å². The fourth-order valence-corrected chi connectivity index (χ4v) is 5.48. The summed E-state index contributed by atoms with van der Waals surface area (Å²) in [5.74, 6) is -0.560. The molecule has 0 N–H and O–H groups in total. The minimum atomic E-state index is -4.02. The number of sulfone groups is 1. The van der Waals surface area contributed by atoms with Gasteiger partial charge in [0.2, 0.25) is 0 Å². The minimum absolute atomic E-state index is 0.0426. The third-order valence-electron chi connectivity index (χ3n) is 4.78. The second kappa shape index (κ2) is 9.18. The molecule has 1 atom stereocenters. The van der Waals surface area contributed by atoms with Crippen LogP contribution in [0.15, 0.2) is 71.6 Å². The molecule has 0 unspecified atom stereocenters. The van der Waals surface area contributed by atoms with Gasteiger partial charge in [0.15, 0.2) is 15.6 Å². The molecule has 0 aliphatic rings. The number of hydrogen-bond acceptors (Lipinski definition) is 5. The highest BCUT2D eigenvalue weighted by atomic mass is 35.5. The monoisotopic (exact) mass is 477 g/mol. The predicted octanol–water partition coefficient (Wildman–Crippen LogP) is 6.00. The number of nitro groups is 1. The predicted molar refractivity (Wildman–Crippen MR) is 120 cm³/mol. The van der Waals surface area contributed by atoms with Crippen LogP contribution in [0, 0.1) is 17.0 Å². The lowest BCUT2D eigenvalue weighted by atomic mass is 10.0. The van der Waals surface area contributed by atoms with Crippen molar-refractivity contribution in [2.75, 3.05) is 0 Å².